The van der Waals surface area contributed by atoms with E-state index in [1.165, 1.54) is 24.6 Å². The van der Waals surface area contributed by atoms with E-state index in [1.807, 2.05) is 48.5 Å². The molecular weight excluding hydrogens is 456 g/mol. The molecule has 3 aromatic rings. The lowest BCUT2D eigenvalue weighted by atomic mass is 9.91. The molecule has 180 valence electrons. The van der Waals surface area contributed by atoms with Gasteiger partial charge in [0, 0.05) is 11.4 Å². The van der Waals surface area contributed by atoms with Crippen molar-refractivity contribution in [3.05, 3.63) is 95.1 Å². The Morgan fingerprint density at radius 1 is 1.00 bits per heavy atom. The average molecular weight is 487 g/mol. The molecule has 0 saturated carbocycles. The van der Waals surface area contributed by atoms with Gasteiger partial charge in [-0.3, -0.25) is 9.59 Å². The van der Waals surface area contributed by atoms with Crippen molar-refractivity contribution in [1.29, 1.82) is 0 Å². The molecule has 0 aromatic heterocycles. The van der Waals surface area contributed by atoms with Crippen LogP contribution in [0.5, 0.6) is 5.75 Å². The number of nitrogens with zero attached hydrogens (tertiary/aromatic N) is 1. The van der Waals surface area contributed by atoms with Crippen LogP contribution >= 0.6 is 11.8 Å². The predicted molar refractivity (Wildman–Crippen MR) is 139 cm³/mol. The summed E-state index contributed by atoms with van der Waals surface area (Å²) < 4.78 is 0. The predicted octanol–water partition coefficient (Wildman–Crippen LogP) is 4.85. The Morgan fingerprint density at radius 2 is 1.80 bits per heavy atom. The first kappa shape index (κ1) is 23.6. The summed E-state index contributed by atoms with van der Waals surface area (Å²) in [4.78, 5) is 29.2. The molecule has 1 unspecified atom stereocenters. The monoisotopic (exact) mass is 486 g/mol. The molecule has 2 aliphatic rings. The molecule has 5 nitrogen and oxygen atoms in total. The number of hydrogen-bond donors (Lipinski definition) is 2. The highest BCUT2D eigenvalue weighted by atomic mass is 32.2. The van der Waals surface area contributed by atoms with Crippen LogP contribution in [-0.2, 0) is 22.4 Å². The lowest BCUT2D eigenvalue weighted by Gasteiger charge is -2.25. The Balaban J connectivity index is 1.30. The molecular formula is C29H30N2O3S. The average Bonchev–Trinajstić information content (AvgIpc) is 3.47. The molecule has 1 amide bonds. The zero-order valence-corrected chi connectivity index (χ0v) is 20.5. The molecule has 1 saturated heterocycles. The second-order valence-corrected chi connectivity index (χ2v) is 10.5. The first-order chi connectivity index (χ1) is 17.0. The Hall–Kier alpha value is -3.09. The number of phenols is 1. The van der Waals surface area contributed by atoms with E-state index >= 15 is 0 Å². The normalized spacial score (nSPS) is 18.4. The number of rotatable bonds is 8. The van der Waals surface area contributed by atoms with Crippen LogP contribution < -0.4 is 5.32 Å². The van der Waals surface area contributed by atoms with Gasteiger partial charge in [0.05, 0.1) is 18.4 Å². The number of amides is 1. The lowest BCUT2D eigenvalue weighted by Crippen LogP contribution is -2.37. The number of carbonyl (C=O) groups is 2. The minimum absolute atomic E-state index is 0.0610. The summed E-state index contributed by atoms with van der Waals surface area (Å²) in [7, 11) is 0. The highest BCUT2D eigenvalue weighted by molar-refractivity contribution is 8.14. The third-order valence-corrected chi connectivity index (χ3v) is 7.92. The van der Waals surface area contributed by atoms with Crippen LogP contribution in [0.4, 0.5) is 0 Å². The van der Waals surface area contributed by atoms with Gasteiger partial charge in [-0.2, -0.15) is 0 Å². The molecule has 2 N–H and O–H groups in total. The molecule has 1 fully saturated rings. The van der Waals surface area contributed by atoms with Gasteiger partial charge in [0.15, 0.2) is 0 Å². The smallest absolute Gasteiger partial charge is 0.224 e. The zero-order valence-electron chi connectivity index (χ0n) is 19.7. The molecule has 2 atom stereocenters. The van der Waals surface area contributed by atoms with Crippen LogP contribution in [0, 0.1) is 0 Å². The molecule has 6 heteroatoms. The van der Waals surface area contributed by atoms with E-state index in [0.29, 0.717) is 6.42 Å². The number of phenolic OH excluding ortho intramolecular Hbond substituents is 1. The fourth-order valence-electron chi connectivity index (χ4n) is 5.05. The minimum Gasteiger partial charge on any atom is -0.508 e. The highest BCUT2D eigenvalue weighted by Crippen LogP contribution is 2.43. The van der Waals surface area contributed by atoms with Gasteiger partial charge in [-0.1, -0.05) is 66.4 Å². The molecule has 0 radical (unpaired) electrons. The molecule has 3 aromatic carbocycles. The number of fused-ring (bicyclic) bond motifs is 1. The fourth-order valence-corrected chi connectivity index (χ4v) is 6.08. The van der Waals surface area contributed by atoms with Gasteiger partial charge >= 0.3 is 0 Å². The second-order valence-electron chi connectivity index (χ2n) is 9.44. The maximum Gasteiger partial charge on any atom is 0.224 e. The molecule has 2 aliphatic heterocycles. The van der Waals surface area contributed by atoms with E-state index < -0.39 is 0 Å². The summed E-state index contributed by atoms with van der Waals surface area (Å²) >= 11 is 1.30. The van der Waals surface area contributed by atoms with Crippen molar-refractivity contribution in [2.24, 2.45) is 0 Å². The Morgan fingerprint density at radius 3 is 2.57 bits per heavy atom. The quantitative estimate of drug-likeness (QED) is 0.477. The summed E-state index contributed by atoms with van der Waals surface area (Å²) in [5, 5.41) is 13.3. The highest BCUT2D eigenvalue weighted by Gasteiger charge is 2.32. The minimum atomic E-state index is -0.190. The largest absolute Gasteiger partial charge is 0.508 e. The number of benzene rings is 3. The summed E-state index contributed by atoms with van der Waals surface area (Å²) in [6, 6.07) is 23.0. The molecule has 0 spiro atoms. The maximum atomic E-state index is 13.1. The van der Waals surface area contributed by atoms with Gasteiger partial charge in [-0.15, -0.1) is 0 Å². The van der Waals surface area contributed by atoms with E-state index in [1.54, 1.807) is 12.1 Å². The number of likely N-dealkylation sites (tertiary alicyclic amines) is 1. The number of carbonyl (C=O) groups excluding carboxylic acids is 2. The van der Waals surface area contributed by atoms with Crippen molar-refractivity contribution in [2.75, 3.05) is 19.6 Å². The fraction of sp³-hybridized carbons (Fsp3) is 0.310. The van der Waals surface area contributed by atoms with Crippen LogP contribution in [0.15, 0.2) is 77.7 Å². The SMILES string of the molecule is O=C(Cc1ccc2c(c1)C(Cc1ccccc1)C(=O)S2)N[C@H](CN1CCCC1)c1cccc(O)c1. The van der Waals surface area contributed by atoms with Crippen LogP contribution in [0.3, 0.4) is 0 Å². The molecule has 5 rings (SSSR count). The summed E-state index contributed by atoms with van der Waals surface area (Å²) in [5.41, 5.74) is 3.98. The molecule has 0 bridgehead atoms. The Labute approximate surface area is 210 Å². The van der Waals surface area contributed by atoms with E-state index in [2.05, 4.69) is 22.3 Å². The summed E-state index contributed by atoms with van der Waals surface area (Å²) in [5.74, 6) is -0.0434. The van der Waals surface area contributed by atoms with Gasteiger partial charge in [0.1, 0.15) is 5.75 Å². The van der Waals surface area contributed by atoms with E-state index in [9.17, 15) is 14.7 Å². The third kappa shape index (κ3) is 5.77. The van der Waals surface area contributed by atoms with Gasteiger partial charge in [-0.05, 0) is 72.8 Å². The number of thioether (sulfide) groups is 1. The maximum absolute atomic E-state index is 13.1. The van der Waals surface area contributed by atoms with Crippen LogP contribution in [0.25, 0.3) is 0 Å². The van der Waals surface area contributed by atoms with Crippen molar-refractivity contribution in [1.82, 2.24) is 10.2 Å². The van der Waals surface area contributed by atoms with Crippen LogP contribution in [0.2, 0.25) is 0 Å². The van der Waals surface area contributed by atoms with Crippen molar-refractivity contribution in [2.45, 2.75) is 42.5 Å². The standard InChI is InChI=1S/C29H30N2O3S/c32-23-10-6-9-22(18-23)26(19-31-13-4-5-14-31)30-28(33)17-21-11-12-27-24(16-21)25(29(34)35-27)15-20-7-2-1-3-8-20/h1-3,6-12,16,18,25-26,32H,4-5,13-15,17,19H2,(H,30,33)/t25?,26-/m1/s1. The third-order valence-electron chi connectivity index (χ3n) is 6.84. The second kappa shape index (κ2) is 10.7. The van der Waals surface area contributed by atoms with Gasteiger partial charge in [0.2, 0.25) is 11.0 Å². The lowest BCUT2D eigenvalue weighted by molar-refractivity contribution is -0.121. The van der Waals surface area contributed by atoms with Crippen molar-refractivity contribution in [3.8, 4) is 5.75 Å². The summed E-state index contributed by atoms with van der Waals surface area (Å²) in [6.07, 6.45) is 3.28. The van der Waals surface area contributed by atoms with Gasteiger partial charge < -0.3 is 15.3 Å². The van der Waals surface area contributed by atoms with E-state index in [-0.39, 0.29) is 35.2 Å². The first-order valence-electron chi connectivity index (χ1n) is 12.2. The topological polar surface area (TPSA) is 69.6 Å². The van der Waals surface area contributed by atoms with Crippen LogP contribution in [0.1, 0.15) is 47.1 Å². The van der Waals surface area contributed by atoms with E-state index in [0.717, 1.165) is 46.8 Å². The van der Waals surface area contributed by atoms with Crippen LogP contribution in [-0.4, -0.2) is 40.7 Å². The Bertz CT molecular complexity index is 1210. The first-order valence-corrected chi connectivity index (χ1v) is 13.1. The Kier molecular flexibility index (Phi) is 7.21. The van der Waals surface area contributed by atoms with E-state index in [4.69, 9.17) is 0 Å². The zero-order chi connectivity index (χ0) is 24.2. The van der Waals surface area contributed by atoms with Gasteiger partial charge in [0.25, 0.3) is 0 Å². The molecule has 2 heterocycles. The van der Waals surface area contributed by atoms with Gasteiger partial charge in [-0.25, -0.2) is 0 Å². The number of hydrogen-bond acceptors (Lipinski definition) is 5. The number of aromatic hydroxyl groups is 1. The molecule has 0 aliphatic carbocycles. The number of nitrogens with one attached hydrogen (secondary N) is 1. The van der Waals surface area contributed by atoms with Crippen molar-refractivity contribution in [3.63, 3.8) is 0 Å². The molecule has 35 heavy (non-hydrogen) atoms. The van der Waals surface area contributed by atoms with Crippen molar-refractivity contribution < 1.29 is 14.7 Å². The van der Waals surface area contributed by atoms with Crippen molar-refractivity contribution >= 4 is 22.8 Å². The summed E-state index contributed by atoms with van der Waals surface area (Å²) in [6.45, 7) is 2.79.